The number of imidazole rings is 1. The van der Waals surface area contributed by atoms with Crippen LogP contribution in [0.3, 0.4) is 0 Å². The Morgan fingerprint density at radius 3 is 2.46 bits per heavy atom. The first-order chi connectivity index (χ1) is 23.3. The molecule has 6 aromatic rings. The topological polar surface area (TPSA) is 128 Å². The molecule has 0 aliphatic carbocycles. The van der Waals surface area contributed by atoms with Crippen molar-refractivity contribution in [3.8, 4) is 22.4 Å². The zero-order valence-corrected chi connectivity index (χ0v) is 27.1. The number of fused-ring (bicyclic) bond motifs is 2. The predicted octanol–water partition coefficient (Wildman–Crippen LogP) is 5.67. The fourth-order valence-corrected chi connectivity index (χ4v) is 6.59. The highest BCUT2D eigenvalue weighted by atomic mass is 16.2. The molecule has 3 aromatic carbocycles. The lowest BCUT2D eigenvalue weighted by Gasteiger charge is -2.32. The number of nitrogens with zero attached hydrogens (tertiary/aromatic N) is 3. The zero-order valence-electron chi connectivity index (χ0n) is 27.1. The molecule has 7 rings (SSSR count). The summed E-state index contributed by atoms with van der Waals surface area (Å²) in [5.74, 6) is -0.115. The minimum Gasteiger partial charge on any atom is -0.328 e. The number of carbonyl (C=O) groups excluding carboxylic acids is 1. The number of carbonyl (C=O) groups is 1. The molecule has 10 nitrogen and oxygen atoms in total. The van der Waals surface area contributed by atoms with Crippen LogP contribution in [-0.4, -0.2) is 56.0 Å². The molecular weight excluding hydrogens is 602 g/mol. The molecule has 1 fully saturated rings. The highest BCUT2D eigenvalue weighted by Gasteiger charge is 2.24. The van der Waals surface area contributed by atoms with Crippen molar-refractivity contribution < 1.29 is 4.79 Å². The van der Waals surface area contributed by atoms with E-state index in [0.29, 0.717) is 16.6 Å². The lowest BCUT2D eigenvalue weighted by Crippen LogP contribution is -2.36. The van der Waals surface area contributed by atoms with Crippen LogP contribution in [0.15, 0.2) is 101 Å². The Hall–Kier alpha value is -5.32. The van der Waals surface area contributed by atoms with Crippen molar-refractivity contribution in [2.75, 3.05) is 25.0 Å². The molecule has 0 bridgehead atoms. The SMILES string of the molecule is CC(C)NCC(=O)Nc1ccc2[nH]c(=O)n(C3CCN(Cc4ccc(-c5nc6cc[nH]c(=O)c6cc5-c5ccccc5)cc4)CC3)c2c1. The largest absolute Gasteiger partial charge is 0.328 e. The molecule has 4 N–H and O–H groups in total. The monoisotopic (exact) mass is 641 g/mol. The Labute approximate surface area is 277 Å². The molecule has 1 aliphatic rings. The third-order valence-corrected chi connectivity index (χ3v) is 9.07. The normalized spacial score (nSPS) is 14.2. The Morgan fingerprint density at radius 2 is 1.71 bits per heavy atom. The van der Waals surface area contributed by atoms with Crippen molar-refractivity contribution in [3.63, 3.8) is 0 Å². The first kappa shape index (κ1) is 31.3. The fraction of sp³-hybridized carbons (Fsp3) is 0.263. The number of piperidine rings is 1. The van der Waals surface area contributed by atoms with Gasteiger partial charge in [0.05, 0.1) is 34.2 Å². The van der Waals surface area contributed by atoms with Crippen LogP contribution in [0.1, 0.15) is 38.3 Å². The quantitative estimate of drug-likeness (QED) is 0.161. The molecular formula is C38H39N7O3. The summed E-state index contributed by atoms with van der Waals surface area (Å²) in [7, 11) is 0. The van der Waals surface area contributed by atoms with Crippen molar-refractivity contribution in [2.45, 2.75) is 45.3 Å². The van der Waals surface area contributed by atoms with Crippen LogP contribution in [0.4, 0.5) is 5.69 Å². The second kappa shape index (κ2) is 13.4. The van der Waals surface area contributed by atoms with Gasteiger partial charge in [0.25, 0.3) is 5.56 Å². The number of benzene rings is 3. The molecule has 48 heavy (non-hydrogen) atoms. The molecule has 1 aliphatic heterocycles. The Kier molecular flexibility index (Phi) is 8.75. The summed E-state index contributed by atoms with van der Waals surface area (Å²) in [4.78, 5) is 51.1. The van der Waals surface area contributed by atoms with Crippen LogP contribution in [0.2, 0.25) is 0 Å². The Balaban J connectivity index is 1.05. The van der Waals surface area contributed by atoms with Gasteiger partial charge in [-0.3, -0.25) is 19.1 Å². The molecule has 1 saturated heterocycles. The third-order valence-electron chi connectivity index (χ3n) is 9.07. The molecule has 0 saturated carbocycles. The number of aromatic amines is 2. The van der Waals surface area contributed by atoms with Crippen LogP contribution in [0.25, 0.3) is 44.3 Å². The summed E-state index contributed by atoms with van der Waals surface area (Å²) in [6.07, 6.45) is 3.33. The smallest absolute Gasteiger partial charge is 0.326 e. The van der Waals surface area contributed by atoms with Gasteiger partial charge in [-0.15, -0.1) is 0 Å². The third kappa shape index (κ3) is 6.58. The number of amides is 1. The maximum atomic E-state index is 13.0. The minimum atomic E-state index is -0.152. The highest BCUT2D eigenvalue weighted by molar-refractivity contribution is 5.94. The van der Waals surface area contributed by atoms with E-state index in [0.717, 1.165) is 65.9 Å². The lowest BCUT2D eigenvalue weighted by atomic mass is 9.97. The van der Waals surface area contributed by atoms with E-state index in [4.69, 9.17) is 4.98 Å². The average molecular weight is 642 g/mol. The molecule has 0 spiro atoms. The van der Waals surface area contributed by atoms with Gasteiger partial charge in [0.1, 0.15) is 0 Å². The second-order valence-corrected chi connectivity index (χ2v) is 12.8. The van der Waals surface area contributed by atoms with Gasteiger partial charge in [0.2, 0.25) is 5.91 Å². The van der Waals surface area contributed by atoms with Gasteiger partial charge >= 0.3 is 5.69 Å². The van der Waals surface area contributed by atoms with E-state index in [1.54, 1.807) is 6.20 Å². The van der Waals surface area contributed by atoms with E-state index in [9.17, 15) is 14.4 Å². The number of aromatic nitrogens is 4. The molecule has 0 unspecified atom stereocenters. The summed E-state index contributed by atoms with van der Waals surface area (Å²) in [6, 6.07) is 28.2. The molecule has 4 heterocycles. The number of anilines is 1. The second-order valence-electron chi connectivity index (χ2n) is 12.8. The van der Waals surface area contributed by atoms with Gasteiger partial charge in [-0.25, -0.2) is 9.78 Å². The maximum absolute atomic E-state index is 13.0. The van der Waals surface area contributed by atoms with E-state index in [2.05, 4.69) is 49.8 Å². The van der Waals surface area contributed by atoms with Gasteiger partial charge in [0, 0.05) is 54.7 Å². The van der Waals surface area contributed by atoms with Gasteiger partial charge in [-0.1, -0.05) is 68.4 Å². The first-order valence-electron chi connectivity index (χ1n) is 16.5. The standard InChI is InChI=1S/C38H39N7O3/c1-24(2)40-22-35(46)41-28-12-13-33-34(20-28)45(38(48)43-33)29-15-18-44(19-16-29)23-25-8-10-27(11-9-25)36-30(26-6-4-3-5-7-26)21-31-32(42-36)14-17-39-37(31)47/h3-14,17,20-21,24,29,40H,15-16,18-19,22-23H2,1-2H3,(H,39,47)(H,41,46)(H,43,48). The van der Waals surface area contributed by atoms with Crippen molar-refractivity contribution in [2.24, 2.45) is 0 Å². The summed E-state index contributed by atoms with van der Waals surface area (Å²) < 4.78 is 1.86. The fourth-order valence-electron chi connectivity index (χ4n) is 6.59. The average Bonchev–Trinajstić information content (AvgIpc) is 3.43. The van der Waals surface area contributed by atoms with Crippen LogP contribution in [-0.2, 0) is 11.3 Å². The summed E-state index contributed by atoms with van der Waals surface area (Å²) in [6.45, 7) is 6.76. The lowest BCUT2D eigenvalue weighted by molar-refractivity contribution is -0.115. The van der Waals surface area contributed by atoms with Crippen LogP contribution < -0.4 is 21.9 Å². The highest BCUT2D eigenvalue weighted by Crippen LogP contribution is 2.33. The van der Waals surface area contributed by atoms with E-state index in [1.807, 2.05) is 79.1 Å². The Morgan fingerprint density at radius 1 is 0.938 bits per heavy atom. The van der Waals surface area contributed by atoms with Gasteiger partial charge in [0.15, 0.2) is 0 Å². The Bertz CT molecular complexity index is 2190. The summed E-state index contributed by atoms with van der Waals surface area (Å²) >= 11 is 0. The number of pyridine rings is 2. The minimum absolute atomic E-state index is 0.0704. The van der Waals surface area contributed by atoms with Gasteiger partial charge in [-0.2, -0.15) is 0 Å². The number of likely N-dealkylation sites (tertiary alicyclic amines) is 1. The van der Waals surface area contributed by atoms with E-state index in [-0.39, 0.29) is 35.8 Å². The molecule has 3 aromatic heterocycles. The zero-order chi connectivity index (χ0) is 33.2. The molecule has 0 radical (unpaired) electrons. The molecule has 244 valence electrons. The predicted molar refractivity (Wildman–Crippen MR) is 191 cm³/mol. The molecule has 10 heteroatoms. The molecule has 1 amide bonds. The van der Waals surface area contributed by atoms with Crippen molar-refractivity contribution >= 4 is 33.5 Å². The number of rotatable bonds is 9. The van der Waals surface area contributed by atoms with Crippen molar-refractivity contribution in [1.29, 1.82) is 0 Å². The summed E-state index contributed by atoms with van der Waals surface area (Å²) in [5.41, 5.74) is 7.60. The maximum Gasteiger partial charge on any atom is 0.326 e. The number of H-pyrrole nitrogens is 2. The van der Waals surface area contributed by atoms with E-state index < -0.39 is 0 Å². The molecule has 0 atom stereocenters. The van der Waals surface area contributed by atoms with Crippen molar-refractivity contribution in [1.82, 2.24) is 29.7 Å². The van der Waals surface area contributed by atoms with Gasteiger partial charge in [-0.05, 0) is 54.3 Å². The van der Waals surface area contributed by atoms with E-state index >= 15 is 0 Å². The van der Waals surface area contributed by atoms with Crippen LogP contribution >= 0.6 is 0 Å². The summed E-state index contributed by atoms with van der Waals surface area (Å²) in [5, 5.41) is 6.63. The van der Waals surface area contributed by atoms with Gasteiger partial charge < -0.3 is 20.6 Å². The van der Waals surface area contributed by atoms with Crippen LogP contribution in [0, 0.1) is 0 Å². The van der Waals surface area contributed by atoms with E-state index in [1.165, 1.54) is 5.56 Å². The number of nitrogens with one attached hydrogen (secondary N) is 4. The number of hydrogen-bond donors (Lipinski definition) is 4. The first-order valence-corrected chi connectivity index (χ1v) is 16.5. The van der Waals surface area contributed by atoms with Crippen molar-refractivity contribution in [3.05, 3.63) is 118 Å². The number of hydrogen-bond acceptors (Lipinski definition) is 6. The van der Waals surface area contributed by atoms with Crippen LogP contribution in [0.5, 0.6) is 0 Å².